The molecule has 5 nitrogen and oxygen atoms in total. The lowest BCUT2D eigenvalue weighted by molar-refractivity contribution is -0.386. The third kappa shape index (κ3) is 2.85. The van der Waals surface area contributed by atoms with Gasteiger partial charge in [-0.1, -0.05) is 38.4 Å². The molecular formula is C15H21ClN2O3. The fourth-order valence-electron chi connectivity index (χ4n) is 2.94. The Morgan fingerprint density at radius 2 is 2.24 bits per heavy atom. The standard InChI is InChI=1S/C15H21ClN2O3/c1-4-15(3)12(17-5-2)9-13(15)21-14-10(16)7-6-8-11(14)18(19)20/h6-8,12-13,17H,4-5,9H2,1-3H3. The summed E-state index contributed by atoms with van der Waals surface area (Å²) < 4.78 is 5.94. The molecule has 0 heterocycles. The summed E-state index contributed by atoms with van der Waals surface area (Å²) in [6, 6.07) is 4.98. The fraction of sp³-hybridized carbons (Fsp3) is 0.600. The second-order valence-corrected chi connectivity index (χ2v) is 6.06. The minimum absolute atomic E-state index is 0.0386. The van der Waals surface area contributed by atoms with Gasteiger partial charge in [0, 0.05) is 23.9 Å². The lowest BCUT2D eigenvalue weighted by atomic mass is 9.61. The zero-order valence-corrected chi connectivity index (χ0v) is 13.3. The van der Waals surface area contributed by atoms with Crippen LogP contribution in [-0.2, 0) is 0 Å². The SMILES string of the molecule is CCNC1CC(Oc2c(Cl)cccc2[N+](=O)[O-])C1(C)CC. The van der Waals surface area contributed by atoms with Crippen LogP contribution in [0.2, 0.25) is 5.02 Å². The zero-order chi connectivity index (χ0) is 15.6. The molecule has 0 aromatic heterocycles. The molecule has 0 spiro atoms. The third-order valence-electron chi connectivity index (χ3n) is 4.60. The molecule has 1 N–H and O–H groups in total. The van der Waals surface area contributed by atoms with Crippen molar-refractivity contribution in [2.24, 2.45) is 5.41 Å². The Labute approximate surface area is 129 Å². The summed E-state index contributed by atoms with van der Waals surface area (Å²) in [4.78, 5) is 10.7. The second kappa shape index (κ2) is 6.20. The summed E-state index contributed by atoms with van der Waals surface area (Å²) in [7, 11) is 0. The van der Waals surface area contributed by atoms with E-state index in [1.807, 2.05) is 0 Å². The molecule has 0 aliphatic heterocycles. The number of benzene rings is 1. The van der Waals surface area contributed by atoms with Gasteiger partial charge in [-0.3, -0.25) is 10.1 Å². The van der Waals surface area contributed by atoms with Crippen LogP contribution in [0.15, 0.2) is 18.2 Å². The first kappa shape index (κ1) is 16.0. The Morgan fingerprint density at radius 1 is 1.52 bits per heavy atom. The van der Waals surface area contributed by atoms with Crippen molar-refractivity contribution < 1.29 is 9.66 Å². The number of hydrogen-bond acceptors (Lipinski definition) is 4. The van der Waals surface area contributed by atoms with E-state index in [4.69, 9.17) is 16.3 Å². The number of ether oxygens (including phenoxy) is 1. The quantitative estimate of drug-likeness (QED) is 0.641. The van der Waals surface area contributed by atoms with E-state index in [9.17, 15) is 10.1 Å². The van der Waals surface area contributed by atoms with Crippen molar-refractivity contribution in [1.29, 1.82) is 0 Å². The van der Waals surface area contributed by atoms with Crippen molar-refractivity contribution in [2.75, 3.05) is 6.54 Å². The van der Waals surface area contributed by atoms with Crippen LogP contribution in [0.5, 0.6) is 5.75 Å². The lowest BCUT2D eigenvalue weighted by Crippen LogP contribution is -2.63. The molecular weight excluding hydrogens is 292 g/mol. The summed E-state index contributed by atoms with van der Waals surface area (Å²) in [5.41, 5.74) is -0.115. The van der Waals surface area contributed by atoms with Gasteiger partial charge < -0.3 is 10.1 Å². The predicted octanol–water partition coefficient (Wildman–Crippen LogP) is 3.79. The highest BCUT2D eigenvalue weighted by molar-refractivity contribution is 6.32. The molecule has 1 aromatic carbocycles. The van der Waals surface area contributed by atoms with E-state index in [0.29, 0.717) is 6.04 Å². The lowest BCUT2D eigenvalue weighted by Gasteiger charge is -2.53. The Morgan fingerprint density at radius 3 is 2.81 bits per heavy atom. The maximum atomic E-state index is 11.1. The number of hydrogen-bond donors (Lipinski definition) is 1. The van der Waals surface area contributed by atoms with Crippen molar-refractivity contribution in [3.8, 4) is 5.75 Å². The summed E-state index contributed by atoms with van der Waals surface area (Å²) in [5.74, 6) is 0.184. The van der Waals surface area contributed by atoms with Crippen LogP contribution in [0, 0.1) is 15.5 Å². The van der Waals surface area contributed by atoms with Gasteiger partial charge in [-0.15, -0.1) is 0 Å². The van der Waals surface area contributed by atoms with Gasteiger partial charge in [0.15, 0.2) is 0 Å². The molecule has 3 atom stereocenters. The highest BCUT2D eigenvalue weighted by Gasteiger charge is 2.52. The van der Waals surface area contributed by atoms with Gasteiger partial charge in [0.1, 0.15) is 6.10 Å². The Bertz CT molecular complexity index is 538. The number of halogens is 1. The Balaban J connectivity index is 2.22. The molecule has 1 fully saturated rings. The molecule has 1 saturated carbocycles. The molecule has 2 rings (SSSR count). The molecule has 21 heavy (non-hydrogen) atoms. The maximum Gasteiger partial charge on any atom is 0.312 e. The number of nitro benzene ring substituents is 1. The number of nitro groups is 1. The van der Waals surface area contributed by atoms with Crippen molar-refractivity contribution in [3.63, 3.8) is 0 Å². The summed E-state index contributed by atoms with van der Waals surface area (Å²) in [6.07, 6.45) is 1.71. The first-order valence-corrected chi connectivity index (χ1v) is 7.64. The van der Waals surface area contributed by atoms with Crippen LogP contribution in [-0.4, -0.2) is 23.6 Å². The minimum Gasteiger partial charge on any atom is -0.482 e. The van der Waals surface area contributed by atoms with Crippen LogP contribution in [0.1, 0.15) is 33.6 Å². The topological polar surface area (TPSA) is 64.4 Å². The van der Waals surface area contributed by atoms with E-state index < -0.39 is 4.92 Å². The number of rotatable bonds is 6. The van der Waals surface area contributed by atoms with Gasteiger partial charge in [-0.25, -0.2) is 0 Å². The summed E-state index contributed by atoms with van der Waals surface area (Å²) in [6.45, 7) is 7.24. The zero-order valence-electron chi connectivity index (χ0n) is 12.6. The number of nitrogens with one attached hydrogen (secondary N) is 1. The normalized spacial score (nSPS) is 28.0. The van der Waals surface area contributed by atoms with E-state index in [2.05, 4.69) is 26.1 Å². The van der Waals surface area contributed by atoms with E-state index in [-0.39, 0.29) is 28.0 Å². The van der Waals surface area contributed by atoms with Gasteiger partial charge in [0.2, 0.25) is 5.75 Å². The van der Waals surface area contributed by atoms with Crippen molar-refractivity contribution >= 4 is 17.3 Å². The number of nitrogens with zero attached hydrogens (tertiary/aromatic N) is 1. The molecule has 1 aliphatic carbocycles. The largest absolute Gasteiger partial charge is 0.482 e. The van der Waals surface area contributed by atoms with Crippen molar-refractivity contribution in [1.82, 2.24) is 5.32 Å². The smallest absolute Gasteiger partial charge is 0.312 e. The van der Waals surface area contributed by atoms with Crippen LogP contribution in [0.3, 0.4) is 0 Å². The highest BCUT2D eigenvalue weighted by atomic mass is 35.5. The molecule has 1 aliphatic rings. The predicted molar refractivity (Wildman–Crippen MR) is 83.0 cm³/mol. The van der Waals surface area contributed by atoms with E-state index in [1.165, 1.54) is 6.07 Å². The van der Waals surface area contributed by atoms with Gasteiger partial charge in [0.05, 0.1) is 9.95 Å². The maximum absolute atomic E-state index is 11.1. The van der Waals surface area contributed by atoms with Crippen LogP contribution in [0.4, 0.5) is 5.69 Å². The van der Waals surface area contributed by atoms with Crippen LogP contribution in [0.25, 0.3) is 0 Å². The molecule has 116 valence electrons. The molecule has 0 amide bonds. The number of para-hydroxylation sites is 1. The molecule has 0 bridgehead atoms. The van der Waals surface area contributed by atoms with Gasteiger partial charge in [-0.05, 0) is 19.0 Å². The van der Waals surface area contributed by atoms with Crippen LogP contribution >= 0.6 is 11.6 Å². The average molecular weight is 313 g/mol. The third-order valence-corrected chi connectivity index (χ3v) is 4.89. The average Bonchev–Trinajstić information content (AvgIpc) is 2.46. The minimum atomic E-state index is -0.453. The van der Waals surface area contributed by atoms with Gasteiger partial charge in [0.25, 0.3) is 0 Å². The molecule has 0 radical (unpaired) electrons. The van der Waals surface area contributed by atoms with E-state index >= 15 is 0 Å². The highest BCUT2D eigenvalue weighted by Crippen LogP contribution is 2.48. The molecule has 3 unspecified atom stereocenters. The summed E-state index contributed by atoms with van der Waals surface area (Å²) in [5, 5.41) is 14.8. The monoisotopic (exact) mass is 312 g/mol. The Hall–Kier alpha value is -1.33. The first-order chi connectivity index (χ1) is 9.93. The van der Waals surface area contributed by atoms with Crippen molar-refractivity contribution in [2.45, 2.75) is 45.8 Å². The van der Waals surface area contributed by atoms with E-state index in [0.717, 1.165) is 19.4 Å². The van der Waals surface area contributed by atoms with Gasteiger partial charge in [-0.2, -0.15) is 0 Å². The van der Waals surface area contributed by atoms with Crippen LogP contribution < -0.4 is 10.1 Å². The molecule has 6 heteroatoms. The second-order valence-electron chi connectivity index (χ2n) is 5.66. The first-order valence-electron chi connectivity index (χ1n) is 7.27. The fourth-order valence-corrected chi connectivity index (χ4v) is 3.15. The summed E-state index contributed by atoms with van der Waals surface area (Å²) >= 11 is 6.09. The molecule has 1 aromatic rings. The Kier molecular flexibility index (Phi) is 4.74. The molecule has 0 saturated heterocycles. The van der Waals surface area contributed by atoms with E-state index in [1.54, 1.807) is 12.1 Å². The van der Waals surface area contributed by atoms with Crippen molar-refractivity contribution in [3.05, 3.63) is 33.3 Å². The van der Waals surface area contributed by atoms with Gasteiger partial charge >= 0.3 is 5.69 Å².